The highest BCUT2D eigenvalue weighted by molar-refractivity contribution is 7.89. The zero-order valence-electron chi connectivity index (χ0n) is 16.1. The van der Waals surface area contributed by atoms with Crippen LogP contribution < -0.4 is 10.5 Å². The number of para-hydroxylation sites is 1. The van der Waals surface area contributed by atoms with E-state index in [0.29, 0.717) is 23.2 Å². The Balaban J connectivity index is 2.05. The number of nitrogens with zero attached hydrogens (tertiary/aromatic N) is 1. The molecule has 0 aliphatic rings. The van der Waals surface area contributed by atoms with Gasteiger partial charge in [0.15, 0.2) is 0 Å². The van der Waals surface area contributed by atoms with Crippen molar-refractivity contribution in [3.63, 3.8) is 0 Å². The molecule has 0 saturated heterocycles. The topological polar surface area (TPSA) is 102 Å². The number of aryl methyl sites for hydroxylation is 1. The number of benzene rings is 2. The molecule has 0 fully saturated rings. The third kappa shape index (κ3) is 4.05. The Labute approximate surface area is 164 Å². The molecule has 1 amide bonds. The van der Waals surface area contributed by atoms with E-state index in [9.17, 15) is 13.2 Å². The maximum absolute atomic E-state index is 13.0. The molecule has 0 saturated carbocycles. The Morgan fingerprint density at radius 3 is 2.50 bits per heavy atom. The maximum Gasteiger partial charge on any atom is 0.256 e. The van der Waals surface area contributed by atoms with Crippen molar-refractivity contribution in [3.8, 4) is 0 Å². The van der Waals surface area contributed by atoms with Crippen LogP contribution >= 0.6 is 0 Å². The van der Waals surface area contributed by atoms with Crippen molar-refractivity contribution in [3.05, 3.63) is 65.4 Å². The Morgan fingerprint density at radius 1 is 1.14 bits per heavy atom. The summed E-state index contributed by atoms with van der Waals surface area (Å²) in [7, 11) is -3.88. The van der Waals surface area contributed by atoms with Crippen LogP contribution in [0.2, 0.25) is 0 Å². The van der Waals surface area contributed by atoms with Crippen LogP contribution in [0.25, 0.3) is 10.9 Å². The number of nitrogens with two attached hydrogens (primary N) is 1. The minimum Gasteiger partial charge on any atom is -0.322 e. The van der Waals surface area contributed by atoms with Gasteiger partial charge >= 0.3 is 0 Å². The van der Waals surface area contributed by atoms with Gasteiger partial charge in [-0.1, -0.05) is 45.0 Å². The fraction of sp³-hybridized carbons (Fsp3) is 0.238. The highest BCUT2D eigenvalue weighted by Crippen LogP contribution is 2.25. The van der Waals surface area contributed by atoms with Gasteiger partial charge in [0.25, 0.3) is 5.91 Å². The number of anilines is 1. The van der Waals surface area contributed by atoms with Gasteiger partial charge in [0.2, 0.25) is 10.0 Å². The van der Waals surface area contributed by atoms with Crippen molar-refractivity contribution in [2.75, 3.05) is 5.32 Å². The predicted octanol–water partition coefficient (Wildman–Crippen LogP) is 3.82. The molecular formula is C21H23N3O3S. The third-order valence-electron chi connectivity index (χ3n) is 4.58. The molecule has 1 aromatic heterocycles. The number of amides is 1. The zero-order chi connectivity index (χ0) is 20.5. The van der Waals surface area contributed by atoms with Gasteiger partial charge in [0.1, 0.15) is 0 Å². The van der Waals surface area contributed by atoms with Crippen molar-refractivity contribution in [2.45, 2.75) is 38.0 Å². The van der Waals surface area contributed by atoms with E-state index in [2.05, 4.69) is 10.3 Å². The number of hydrogen-bond donors (Lipinski definition) is 2. The lowest BCUT2D eigenvalue weighted by Gasteiger charge is -2.13. The second kappa shape index (κ2) is 7.69. The molecule has 3 N–H and O–H groups in total. The van der Waals surface area contributed by atoms with Crippen molar-refractivity contribution < 1.29 is 13.2 Å². The summed E-state index contributed by atoms with van der Waals surface area (Å²) in [5, 5.41) is 8.85. The molecule has 1 heterocycles. The van der Waals surface area contributed by atoms with E-state index >= 15 is 0 Å². The molecule has 0 radical (unpaired) electrons. The Morgan fingerprint density at radius 2 is 1.86 bits per heavy atom. The zero-order valence-corrected chi connectivity index (χ0v) is 16.9. The molecule has 0 spiro atoms. The lowest BCUT2D eigenvalue weighted by atomic mass is 10.0. The molecule has 28 heavy (non-hydrogen) atoms. The number of hydrogen-bond acceptors (Lipinski definition) is 4. The molecule has 0 atom stereocenters. The number of pyridine rings is 1. The normalized spacial score (nSPS) is 11.8. The third-order valence-corrected chi connectivity index (χ3v) is 5.58. The summed E-state index contributed by atoms with van der Waals surface area (Å²) in [6.07, 6.45) is 0.521. The Hall–Kier alpha value is -2.77. The molecule has 7 heteroatoms. The first-order valence-electron chi connectivity index (χ1n) is 9.07. The molecule has 0 unspecified atom stereocenters. The Bertz CT molecular complexity index is 1150. The summed E-state index contributed by atoms with van der Waals surface area (Å²) in [4.78, 5) is 17.6. The number of fused-ring (bicyclic) bond motifs is 1. The van der Waals surface area contributed by atoms with E-state index in [1.807, 2.05) is 45.0 Å². The van der Waals surface area contributed by atoms with Crippen LogP contribution in [-0.2, 0) is 16.4 Å². The van der Waals surface area contributed by atoms with E-state index in [4.69, 9.17) is 5.14 Å². The van der Waals surface area contributed by atoms with Gasteiger partial charge in [-0.05, 0) is 42.2 Å². The fourth-order valence-electron chi connectivity index (χ4n) is 3.07. The van der Waals surface area contributed by atoms with E-state index in [1.165, 1.54) is 6.07 Å². The molecule has 0 bridgehead atoms. The van der Waals surface area contributed by atoms with Gasteiger partial charge in [-0.3, -0.25) is 9.78 Å². The predicted molar refractivity (Wildman–Crippen MR) is 111 cm³/mol. The minimum absolute atomic E-state index is 0.0234. The molecule has 146 valence electrons. The standard InChI is InChI=1S/C21H23N3O3S/c1-4-14-9-10-15(11-20(14)28(22,26)27)23-21(25)17-12-19(13(2)3)24-18-8-6-5-7-16(17)18/h5-13H,4H2,1-3H3,(H,23,25)(H2,22,26,27). The minimum atomic E-state index is -3.88. The van der Waals surface area contributed by atoms with Crippen LogP contribution in [0.4, 0.5) is 5.69 Å². The Kier molecular flexibility index (Phi) is 5.49. The van der Waals surface area contributed by atoms with Crippen molar-refractivity contribution >= 4 is 32.5 Å². The molecule has 3 rings (SSSR count). The lowest BCUT2D eigenvalue weighted by Crippen LogP contribution is -2.17. The number of carbonyl (C=O) groups excluding carboxylic acids is 1. The van der Waals surface area contributed by atoms with Gasteiger partial charge in [-0.25, -0.2) is 13.6 Å². The average molecular weight is 398 g/mol. The summed E-state index contributed by atoms with van der Waals surface area (Å²) in [6.45, 7) is 5.88. The maximum atomic E-state index is 13.0. The second-order valence-electron chi connectivity index (χ2n) is 6.94. The van der Waals surface area contributed by atoms with Gasteiger partial charge in [-0.2, -0.15) is 0 Å². The molecule has 6 nitrogen and oxygen atoms in total. The fourth-order valence-corrected chi connectivity index (χ4v) is 3.94. The van der Waals surface area contributed by atoms with E-state index in [0.717, 1.165) is 16.6 Å². The van der Waals surface area contributed by atoms with Crippen LogP contribution in [-0.4, -0.2) is 19.3 Å². The van der Waals surface area contributed by atoms with Crippen molar-refractivity contribution in [1.29, 1.82) is 0 Å². The van der Waals surface area contributed by atoms with Gasteiger partial charge in [0, 0.05) is 16.8 Å². The first kappa shape index (κ1) is 20.0. The number of aromatic nitrogens is 1. The molecule has 2 aromatic carbocycles. The first-order chi connectivity index (χ1) is 13.2. The summed E-state index contributed by atoms with van der Waals surface area (Å²) in [5.74, 6) is -0.168. The monoisotopic (exact) mass is 397 g/mol. The first-order valence-corrected chi connectivity index (χ1v) is 10.6. The van der Waals surface area contributed by atoms with Crippen LogP contribution in [0, 0.1) is 0 Å². The summed E-state index contributed by atoms with van der Waals surface area (Å²) in [5.41, 5.74) is 3.03. The smallest absolute Gasteiger partial charge is 0.256 e. The van der Waals surface area contributed by atoms with Crippen LogP contribution in [0.3, 0.4) is 0 Å². The van der Waals surface area contributed by atoms with Crippen molar-refractivity contribution in [1.82, 2.24) is 4.98 Å². The number of carbonyl (C=O) groups is 1. The average Bonchev–Trinajstić information content (AvgIpc) is 2.66. The molecule has 0 aliphatic heterocycles. The highest BCUT2D eigenvalue weighted by Gasteiger charge is 2.17. The van der Waals surface area contributed by atoms with Crippen LogP contribution in [0.15, 0.2) is 53.4 Å². The summed E-state index contributed by atoms with van der Waals surface area (Å²) >= 11 is 0. The number of primary sulfonamides is 1. The second-order valence-corrected chi connectivity index (χ2v) is 8.47. The van der Waals surface area contributed by atoms with Gasteiger partial charge < -0.3 is 5.32 Å². The van der Waals surface area contributed by atoms with Crippen molar-refractivity contribution in [2.24, 2.45) is 5.14 Å². The van der Waals surface area contributed by atoms with E-state index < -0.39 is 10.0 Å². The lowest BCUT2D eigenvalue weighted by molar-refractivity contribution is 0.102. The van der Waals surface area contributed by atoms with Gasteiger partial charge in [-0.15, -0.1) is 0 Å². The number of sulfonamides is 1. The van der Waals surface area contributed by atoms with E-state index in [1.54, 1.807) is 18.2 Å². The largest absolute Gasteiger partial charge is 0.322 e. The SMILES string of the molecule is CCc1ccc(NC(=O)c2cc(C(C)C)nc3ccccc23)cc1S(N)(=O)=O. The quantitative estimate of drug-likeness (QED) is 0.683. The molecule has 3 aromatic rings. The number of rotatable bonds is 5. The summed E-state index contributed by atoms with van der Waals surface area (Å²) < 4.78 is 23.7. The molecular weight excluding hydrogens is 374 g/mol. The number of nitrogens with one attached hydrogen (secondary N) is 1. The summed E-state index contributed by atoms with van der Waals surface area (Å²) in [6, 6.07) is 14.0. The van der Waals surface area contributed by atoms with Gasteiger partial charge in [0.05, 0.1) is 16.0 Å². The van der Waals surface area contributed by atoms with E-state index in [-0.39, 0.29) is 16.7 Å². The molecule has 0 aliphatic carbocycles. The van der Waals surface area contributed by atoms with Crippen LogP contribution in [0.1, 0.15) is 48.3 Å². The van der Waals surface area contributed by atoms with Crippen LogP contribution in [0.5, 0.6) is 0 Å². The highest BCUT2D eigenvalue weighted by atomic mass is 32.2.